The summed E-state index contributed by atoms with van der Waals surface area (Å²) in [4.78, 5) is 21.5. The SMILES string of the molecule is CCOc1cc(C=O)cc(C=CCNC(C)=O)c1O. The average Bonchev–Trinajstić information content (AvgIpc) is 2.38. The van der Waals surface area contributed by atoms with Gasteiger partial charge in [0.1, 0.15) is 6.29 Å². The summed E-state index contributed by atoms with van der Waals surface area (Å²) < 4.78 is 5.25. The number of ether oxygens (including phenoxy) is 1. The molecule has 0 aliphatic rings. The number of rotatable bonds is 6. The Morgan fingerprint density at radius 3 is 2.79 bits per heavy atom. The van der Waals surface area contributed by atoms with E-state index in [1.165, 1.54) is 13.0 Å². The van der Waals surface area contributed by atoms with Crippen molar-refractivity contribution in [2.24, 2.45) is 0 Å². The largest absolute Gasteiger partial charge is 0.504 e. The summed E-state index contributed by atoms with van der Waals surface area (Å²) in [7, 11) is 0. The van der Waals surface area contributed by atoms with E-state index in [-0.39, 0.29) is 17.4 Å². The first-order chi connectivity index (χ1) is 9.08. The second-order valence-electron chi connectivity index (χ2n) is 3.85. The smallest absolute Gasteiger partial charge is 0.217 e. The van der Waals surface area contributed by atoms with Crippen LogP contribution in [0.15, 0.2) is 18.2 Å². The first kappa shape index (κ1) is 14.8. The zero-order valence-electron chi connectivity index (χ0n) is 11.0. The van der Waals surface area contributed by atoms with E-state index in [2.05, 4.69) is 5.32 Å². The molecule has 1 amide bonds. The second-order valence-corrected chi connectivity index (χ2v) is 3.85. The maximum atomic E-state index is 10.8. The lowest BCUT2D eigenvalue weighted by Gasteiger charge is -2.09. The lowest BCUT2D eigenvalue weighted by molar-refractivity contribution is -0.118. The number of carbonyl (C=O) groups excluding carboxylic acids is 2. The number of phenolic OH excluding ortho intramolecular Hbond substituents is 1. The van der Waals surface area contributed by atoms with Gasteiger partial charge < -0.3 is 15.2 Å². The Hall–Kier alpha value is -2.30. The Morgan fingerprint density at radius 2 is 2.21 bits per heavy atom. The van der Waals surface area contributed by atoms with Crippen molar-refractivity contribution in [3.8, 4) is 11.5 Å². The quantitative estimate of drug-likeness (QED) is 0.767. The van der Waals surface area contributed by atoms with Gasteiger partial charge in [-0.15, -0.1) is 0 Å². The summed E-state index contributed by atoms with van der Waals surface area (Å²) in [5.41, 5.74) is 0.888. The zero-order chi connectivity index (χ0) is 14.3. The van der Waals surface area contributed by atoms with Gasteiger partial charge in [0.2, 0.25) is 5.91 Å². The molecular formula is C14H17NO4. The molecule has 0 radical (unpaired) electrons. The van der Waals surface area contributed by atoms with Crippen LogP contribution in [0, 0.1) is 0 Å². The molecule has 0 spiro atoms. The highest BCUT2D eigenvalue weighted by Gasteiger charge is 2.08. The van der Waals surface area contributed by atoms with Gasteiger partial charge in [-0.25, -0.2) is 0 Å². The molecule has 5 heteroatoms. The van der Waals surface area contributed by atoms with Gasteiger partial charge in [-0.2, -0.15) is 0 Å². The minimum Gasteiger partial charge on any atom is -0.504 e. The Morgan fingerprint density at radius 1 is 1.47 bits per heavy atom. The highest BCUT2D eigenvalue weighted by atomic mass is 16.5. The lowest BCUT2D eigenvalue weighted by Crippen LogP contribution is -2.19. The second kappa shape index (κ2) is 7.20. The normalized spacial score (nSPS) is 10.4. The van der Waals surface area contributed by atoms with Crippen LogP contribution in [0.2, 0.25) is 0 Å². The molecular weight excluding hydrogens is 246 g/mol. The summed E-state index contributed by atoms with van der Waals surface area (Å²) in [6, 6.07) is 3.03. The molecule has 0 atom stereocenters. The van der Waals surface area contributed by atoms with Crippen LogP contribution in [-0.4, -0.2) is 30.5 Å². The highest BCUT2D eigenvalue weighted by molar-refractivity contribution is 5.80. The monoisotopic (exact) mass is 263 g/mol. The lowest BCUT2D eigenvalue weighted by atomic mass is 10.1. The molecule has 0 heterocycles. The van der Waals surface area contributed by atoms with Gasteiger partial charge in [0, 0.05) is 24.6 Å². The molecule has 102 valence electrons. The van der Waals surface area contributed by atoms with E-state index in [4.69, 9.17) is 4.74 Å². The first-order valence-corrected chi connectivity index (χ1v) is 5.94. The molecule has 0 aliphatic heterocycles. The van der Waals surface area contributed by atoms with Gasteiger partial charge >= 0.3 is 0 Å². The summed E-state index contributed by atoms with van der Waals surface area (Å²) >= 11 is 0. The number of hydrogen-bond donors (Lipinski definition) is 2. The van der Waals surface area contributed by atoms with Crippen molar-refractivity contribution in [3.63, 3.8) is 0 Å². The molecule has 1 rings (SSSR count). The topological polar surface area (TPSA) is 75.6 Å². The van der Waals surface area contributed by atoms with E-state index >= 15 is 0 Å². The summed E-state index contributed by atoms with van der Waals surface area (Å²) in [6.07, 6.45) is 3.99. The van der Waals surface area contributed by atoms with Crippen molar-refractivity contribution >= 4 is 18.3 Å². The predicted molar refractivity (Wildman–Crippen MR) is 72.4 cm³/mol. The maximum absolute atomic E-state index is 10.8. The number of phenols is 1. The van der Waals surface area contributed by atoms with Gasteiger partial charge in [0.05, 0.1) is 6.61 Å². The molecule has 19 heavy (non-hydrogen) atoms. The molecule has 0 bridgehead atoms. The predicted octanol–water partition coefficient (Wildman–Crippen LogP) is 1.75. The molecule has 0 aromatic heterocycles. The van der Waals surface area contributed by atoms with Crippen molar-refractivity contribution < 1.29 is 19.4 Å². The number of aldehydes is 1. The number of nitrogens with one attached hydrogen (secondary N) is 1. The van der Waals surface area contributed by atoms with Crippen LogP contribution in [-0.2, 0) is 4.79 Å². The number of benzene rings is 1. The van der Waals surface area contributed by atoms with Gasteiger partial charge in [0.15, 0.2) is 11.5 Å². The Kier molecular flexibility index (Phi) is 5.60. The summed E-state index contributed by atoms with van der Waals surface area (Å²) in [5.74, 6) is 0.114. The third-order valence-electron chi connectivity index (χ3n) is 2.33. The Balaban J connectivity index is 2.95. The number of hydrogen-bond acceptors (Lipinski definition) is 4. The van der Waals surface area contributed by atoms with Crippen LogP contribution in [0.1, 0.15) is 29.8 Å². The van der Waals surface area contributed by atoms with Crippen LogP contribution in [0.5, 0.6) is 11.5 Å². The van der Waals surface area contributed by atoms with E-state index in [1.54, 1.807) is 25.1 Å². The van der Waals surface area contributed by atoms with Crippen LogP contribution in [0.25, 0.3) is 6.08 Å². The van der Waals surface area contributed by atoms with E-state index in [9.17, 15) is 14.7 Å². The van der Waals surface area contributed by atoms with Gasteiger partial charge in [-0.3, -0.25) is 9.59 Å². The van der Waals surface area contributed by atoms with Crippen LogP contribution < -0.4 is 10.1 Å². The van der Waals surface area contributed by atoms with Crippen molar-refractivity contribution in [1.29, 1.82) is 0 Å². The highest BCUT2D eigenvalue weighted by Crippen LogP contribution is 2.32. The van der Waals surface area contributed by atoms with Crippen LogP contribution >= 0.6 is 0 Å². The van der Waals surface area contributed by atoms with E-state index in [0.717, 1.165) is 0 Å². The fraction of sp³-hybridized carbons (Fsp3) is 0.286. The minimum atomic E-state index is -0.134. The molecule has 0 fully saturated rings. The van der Waals surface area contributed by atoms with Crippen molar-refractivity contribution in [3.05, 3.63) is 29.3 Å². The number of aromatic hydroxyl groups is 1. The molecule has 0 saturated heterocycles. The van der Waals surface area contributed by atoms with Crippen LogP contribution in [0.3, 0.4) is 0 Å². The third kappa shape index (κ3) is 4.46. The van der Waals surface area contributed by atoms with Gasteiger partial charge in [-0.05, 0) is 19.1 Å². The molecule has 2 N–H and O–H groups in total. The van der Waals surface area contributed by atoms with E-state index in [0.29, 0.717) is 30.6 Å². The maximum Gasteiger partial charge on any atom is 0.217 e. The van der Waals surface area contributed by atoms with Gasteiger partial charge in [0.25, 0.3) is 0 Å². The van der Waals surface area contributed by atoms with Crippen molar-refractivity contribution in [1.82, 2.24) is 5.32 Å². The standard InChI is InChI=1S/C14H17NO4/c1-3-19-13-8-11(9-16)7-12(14(13)18)5-4-6-15-10(2)17/h4-5,7-9,18H,3,6H2,1-2H3,(H,15,17). The van der Waals surface area contributed by atoms with E-state index in [1.807, 2.05) is 0 Å². The van der Waals surface area contributed by atoms with E-state index < -0.39 is 0 Å². The van der Waals surface area contributed by atoms with Crippen LogP contribution in [0.4, 0.5) is 0 Å². The molecule has 1 aromatic carbocycles. The molecule has 0 aliphatic carbocycles. The zero-order valence-corrected chi connectivity index (χ0v) is 11.0. The fourth-order valence-corrected chi connectivity index (χ4v) is 1.50. The Labute approximate surface area is 111 Å². The third-order valence-corrected chi connectivity index (χ3v) is 2.33. The average molecular weight is 263 g/mol. The molecule has 0 unspecified atom stereocenters. The minimum absolute atomic E-state index is 0.0217. The molecule has 5 nitrogen and oxygen atoms in total. The first-order valence-electron chi connectivity index (χ1n) is 5.94. The fourth-order valence-electron chi connectivity index (χ4n) is 1.50. The summed E-state index contributed by atoms with van der Waals surface area (Å²) in [6.45, 7) is 3.96. The summed E-state index contributed by atoms with van der Waals surface area (Å²) in [5, 5.41) is 12.6. The van der Waals surface area contributed by atoms with Crippen molar-refractivity contribution in [2.45, 2.75) is 13.8 Å². The molecule has 0 saturated carbocycles. The van der Waals surface area contributed by atoms with Crippen molar-refractivity contribution in [2.75, 3.05) is 13.2 Å². The van der Waals surface area contributed by atoms with Gasteiger partial charge in [-0.1, -0.05) is 12.2 Å². The number of amides is 1. The number of carbonyl (C=O) groups is 2. The molecule has 1 aromatic rings. The Bertz CT molecular complexity index is 494.